The number of nitro groups is 1. The van der Waals surface area contributed by atoms with Crippen molar-refractivity contribution in [2.24, 2.45) is 0 Å². The summed E-state index contributed by atoms with van der Waals surface area (Å²) < 4.78 is 11.4. The first-order chi connectivity index (χ1) is 12.9. The topological polar surface area (TPSA) is 113 Å². The summed E-state index contributed by atoms with van der Waals surface area (Å²) in [6.45, 7) is 1.72. The van der Waals surface area contributed by atoms with Gasteiger partial charge in [-0.25, -0.2) is 9.78 Å². The van der Waals surface area contributed by atoms with Crippen LogP contribution < -0.4 is 10.3 Å². The van der Waals surface area contributed by atoms with Crippen LogP contribution in [-0.2, 0) is 11.3 Å². The molecule has 0 atom stereocenters. The zero-order valence-corrected chi connectivity index (χ0v) is 14.5. The summed E-state index contributed by atoms with van der Waals surface area (Å²) >= 11 is 0. The zero-order valence-electron chi connectivity index (χ0n) is 14.5. The predicted octanol–water partition coefficient (Wildman–Crippen LogP) is 2.28. The molecule has 0 aliphatic rings. The van der Waals surface area contributed by atoms with Crippen LogP contribution in [0.5, 0.6) is 5.75 Å². The van der Waals surface area contributed by atoms with Crippen molar-refractivity contribution in [2.45, 2.75) is 13.5 Å². The minimum absolute atomic E-state index is 0.0361. The van der Waals surface area contributed by atoms with Crippen LogP contribution in [0.3, 0.4) is 0 Å². The maximum atomic E-state index is 12.2. The van der Waals surface area contributed by atoms with Crippen LogP contribution in [0.1, 0.15) is 21.6 Å². The number of ether oxygens (including phenoxy) is 2. The first-order valence-corrected chi connectivity index (χ1v) is 7.87. The Morgan fingerprint density at radius 3 is 2.74 bits per heavy atom. The highest BCUT2D eigenvalue weighted by Gasteiger charge is 2.19. The summed E-state index contributed by atoms with van der Waals surface area (Å²) in [5, 5.41) is 11.3. The number of methoxy groups -OCH3 is 1. The van der Waals surface area contributed by atoms with E-state index in [0.717, 1.165) is 11.6 Å². The zero-order chi connectivity index (χ0) is 19.6. The number of hydrogen-bond acceptors (Lipinski definition) is 7. The van der Waals surface area contributed by atoms with Gasteiger partial charge in [0, 0.05) is 18.3 Å². The third-order valence-electron chi connectivity index (χ3n) is 3.81. The van der Waals surface area contributed by atoms with Gasteiger partial charge in [0.05, 0.1) is 23.3 Å². The van der Waals surface area contributed by atoms with Gasteiger partial charge in [-0.15, -0.1) is 0 Å². The Labute approximate surface area is 152 Å². The summed E-state index contributed by atoms with van der Waals surface area (Å²) in [5.41, 5.74) is 1.06. The molecule has 0 fully saturated rings. The van der Waals surface area contributed by atoms with Crippen molar-refractivity contribution in [3.63, 3.8) is 0 Å². The van der Waals surface area contributed by atoms with E-state index in [1.807, 2.05) is 13.0 Å². The van der Waals surface area contributed by atoms with E-state index in [1.165, 1.54) is 29.7 Å². The lowest BCUT2D eigenvalue weighted by molar-refractivity contribution is -0.386. The third-order valence-corrected chi connectivity index (χ3v) is 3.81. The number of hydrogen-bond donors (Lipinski definition) is 0. The van der Waals surface area contributed by atoms with Crippen LogP contribution in [0.15, 0.2) is 47.4 Å². The van der Waals surface area contributed by atoms with Gasteiger partial charge in [-0.2, -0.15) is 0 Å². The van der Waals surface area contributed by atoms with Crippen molar-refractivity contribution in [1.82, 2.24) is 9.38 Å². The number of aromatic nitrogens is 2. The second-order valence-electron chi connectivity index (χ2n) is 5.74. The van der Waals surface area contributed by atoms with Crippen molar-refractivity contribution in [1.29, 1.82) is 0 Å². The SMILES string of the molecule is COC(=O)c1ccc(OCc2cc(=O)n3cc(C)ccc3n2)c([N+](=O)[O-])c1. The Hall–Kier alpha value is -3.75. The molecule has 0 bridgehead atoms. The van der Waals surface area contributed by atoms with Crippen LogP contribution in [0.4, 0.5) is 5.69 Å². The molecule has 138 valence electrons. The molecule has 2 heterocycles. The Balaban J connectivity index is 1.89. The standard InChI is InChI=1S/C18H15N3O6/c1-11-3-6-16-19-13(8-17(22)20(16)9-11)10-27-15-5-4-12(18(23)26-2)7-14(15)21(24)25/h3-9H,10H2,1-2H3. The highest BCUT2D eigenvalue weighted by molar-refractivity contribution is 5.90. The van der Waals surface area contributed by atoms with Gasteiger partial charge in [0.25, 0.3) is 5.56 Å². The fourth-order valence-electron chi connectivity index (χ4n) is 2.51. The van der Waals surface area contributed by atoms with Crippen LogP contribution in [-0.4, -0.2) is 27.4 Å². The number of aryl methyl sites for hydroxylation is 1. The van der Waals surface area contributed by atoms with Gasteiger partial charge in [-0.05, 0) is 30.7 Å². The fourth-order valence-corrected chi connectivity index (χ4v) is 2.51. The number of rotatable bonds is 5. The Morgan fingerprint density at radius 2 is 2.04 bits per heavy atom. The number of nitro benzene ring substituents is 1. The van der Waals surface area contributed by atoms with Crippen LogP contribution >= 0.6 is 0 Å². The molecule has 0 spiro atoms. The summed E-state index contributed by atoms with van der Waals surface area (Å²) in [6, 6.07) is 8.58. The van der Waals surface area contributed by atoms with Crippen LogP contribution in [0.2, 0.25) is 0 Å². The first kappa shape index (κ1) is 18.1. The molecule has 0 radical (unpaired) electrons. The third kappa shape index (κ3) is 3.76. The molecule has 0 N–H and O–H groups in total. The molecule has 3 aromatic rings. The number of benzene rings is 1. The van der Waals surface area contributed by atoms with Crippen molar-refractivity contribution in [3.05, 3.63) is 79.9 Å². The number of esters is 1. The van der Waals surface area contributed by atoms with Gasteiger partial charge in [0.2, 0.25) is 0 Å². The Morgan fingerprint density at radius 1 is 1.26 bits per heavy atom. The highest BCUT2D eigenvalue weighted by atomic mass is 16.6. The van der Waals surface area contributed by atoms with E-state index in [-0.39, 0.29) is 29.2 Å². The normalized spacial score (nSPS) is 10.6. The molecule has 27 heavy (non-hydrogen) atoms. The Kier molecular flexibility index (Phi) is 4.84. The minimum atomic E-state index is -0.691. The van der Waals surface area contributed by atoms with Gasteiger partial charge >= 0.3 is 11.7 Å². The van der Waals surface area contributed by atoms with E-state index in [2.05, 4.69) is 9.72 Å². The molecule has 0 unspecified atom stereocenters. The van der Waals surface area contributed by atoms with Crippen molar-refractivity contribution < 1.29 is 19.2 Å². The van der Waals surface area contributed by atoms with Crippen LogP contribution in [0.25, 0.3) is 5.65 Å². The molecule has 9 heteroatoms. The maximum absolute atomic E-state index is 12.2. The van der Waals surface area contributed by atoms with Crippen molar-refractivity contribution in [3.8, 4) is 5.75 Å². The summed E-state index contributed by atoms with van der Waals surface area (Å²) in [6.07, 6.45) is 1.67. The number of fused-ring (bicyclic) bond motifs is 1. The largest absolute Gasteiger partial charge is 0.480 e. The van der Waals surface area contributed by atoms with Crippen molar-refractivity contribution in [2.75, 3.05) is 7.11 Å². The molecule has 0 aliphatic heterocycles. The second-order valence-corrected chi connectivity index (χ2v) is 5.74. The molecular formula is C18H15N3O6. The van der Waals surface area contributed by atoms with Gasteiger partial charge in [0.1, 0.15) is 12.3 Å². The van der Waals surface area contributed by atoms with E-state index >= 15 is 0 Å². The summed E-state index contributed by atoms with van der Waals surface area (Å²) in [5.74, 6) is -0.734. The summed E-state index contributed by atoms with van der Waals surface area (Å²) in [4.78, 5) is 38.7. The molecular weight excluding hydrogens is 354 g/mol. The van der Waals surface area contributed by atoms with Gasteiger partial charge < -0.3 is 9.47 Å². The summed E-state index contributed by atoms with van der Waals surface area (Å²) in [7, 11) is 1.18. The fraction of sp³-hybridized carbons (Fsp3) is 0.167. The molecule has 0 aliphatic carbocycles. The number of carbonyl (C=O) groups is 1. The molecule has 0 saturated carbocycles. The monoisotopic (exact) mass is 369 g/mol. The minimum Gasteiger partial charge on any atom is -0.480 e. The highest BCUT2D eigenvalue weighted by Crippen LogP contribution is 2.28. The molecule has 3 rings (SSSR count). The lowest BCUT2D eigenvalue weighted by Gasteiger charge is -2.08. The molecule has 2 aromatic heterocycles. The van der Waals surface area contributed by atoms with E-state index in [9.17, 15) is 19.7 Å². The quantitative estimate of drug-likeness (QED) is 0.385. The van der Waals surface area contributed by atoms with Crippen molar-refractivity contribution >= 4 is 17.3 Å². The molecule has 0 saturated heterocycles. The Bertz CT molecular complexity index is 1110. The average Bonchev–Trinajstić information content (AvgIpc) is 2.66. The lowest BCUT2D eigenvalue weighted by Crippen LogP contribution is -2.16. The van der Waals surface area contributed by atoms with E-state index < -0.39 is 10.9 Å². The number of pyridine rings is 1. The number of carbonyl (C=O) groups excluding carboxylic acids is 1. The maximum Gasteiger partial charge on any atom is 0.338 e. The van der Waals surface area contributed by atoms with E-state index in [0.29, 0.717) is 11.3 Å². The first-order valence-electron chi connectivity index (χ1n) is 7.87. The van der Waals surface area contributed by atoms with Gasteiger partial charge in [-0.3, -0.25) is 19.3 Å². The van der Waals surface area contributed by atoms with E-state index in [1.54, 1.807) is 12.3 Å². The van der Waals surface area contributed by atoms with Gasteiger partial charge in [0.15, 0.2) is 5.75 Å². The van der Waals surface area contributed by atoms with Gasteiger partial charge in [-0.1, -0.05) is 6.07 Å². The smallest absolute Gasteiger partial charge is 0.338 e. The molecule has 1 aromatic carbocycles. The lowest BCUT2D eigenvalue weighted by atomic mass is 10.2. The second kappa shape index (κ2) is 7.24. The number of nitrogens with zero attached hydrogens (tertiary/aromatic N) is 3. The molecule has 9 nitrogen and oxygen atoms in total. The molecule has 0 amide bonds. The predicted molar refractivity (Wildman–Crippen MR) is 95.0 cm³/mol. The van der Waals surface area contributed by atoms with E-state index in [4.69, 9.17) is 4.74 Å². The van der Waals surface area contributed by atoms with Crippen LogP contribution in [0, 0.1) is 17.0 Å². The average molecular weight is 369 g/mol.